The van der Waals surface area contributed by atoms with Gasteiger partial charge in [0, 0.05) is 19.5 Å². The molecular weight excluding hydrogens is 286 g/mol. The molecule has 3 N–H and O–H groups in total. The third-order valence-corrected chi connectivity index (χ3v) is 3.55. The first-order chi connectivity index (χ1) is 10.6. The summed E-state index contributed by atoms with van der Waals surface area (Å²) in [4.78, 5) is 15.4. The maximum Gasteiger partial charge on any atom is 0.230 e. The summed E-state index contributed by atoms with van der Waals surface area (Å²) in [6.07, 6.45) is 1.69. The van der Waals surface area contributed by atoms with Crippen LogP contribution in [0.15, 0.2) is 0 Å². The molecule has 0 aromatic carbocycles. The highest BCUT2D eigenvalue weighted by Crippen LogP contribution is 2.16. The van der Waals surface area contributed by atoms with E-state index >= 15 is 0 Å². The summed E-state index contributed by atoms with van der Waals surface area (Å²) in [6, 6.07) is 0. The minimum absolute atomic E-state index is 0.217. The molecule has 22 heavy (non-hydrogen) atoms. The molecule has 1 fully saturated rings. The number of aliphatic hydroxyl groups is 2. The fourth-order valence-electron chi connectivity index (χ4n) is 2.10. The zero-order chi connectivity index (χ0) is 16.0. The molecule has 2 heterocycles. The zero-order valence-corrected chi connectivity index (χ0v) is 13.2. The van der Waals surface area contributed by atoms with E-state index < -0.39 is 5.54 Å². The predicted octanol–water partition coefficient (Wildman–Crippen LogP) is -0.184. The number of nitrogens with one attached hydrogen (secondary N) is 1. The number of rotatable bonds is 7. The first-order valence-corrected chi connectivity index (χ1v) is 7.68. The summed E-state index contributed by atoms with van der Waals surface area (Å²) in [6.45, 7) is 6.14. The van der Waals surface area contributed by atoms with Crippen LogP contribution in [0.4, 0.5) is 11.9 Å². The Morgan fingerprint density at radius 1 is 1.18 bits per heavy atom. The Balaban J connectivity index is 2.26. The van der Waals surface area contributed by atoms with Crippen molar-refractivity contribution in [2.45, 2.75) is 32.2 Å². The number of hydrogen-bond donors (Lipinski definition) is 3. The number of aromatic nitrogens is 3. The smallest absolute Gasteiger partial charge is 0.230 e. The number of aryl methyl sites for hydroxylation is 1. The quantitative estimate of drug-likeness (QED) is 0.637. The zero-order valence-electron chi connectivity index (χ0n) is 13.2. The molecule has 1 aliphatic rings. The Kier molecular flexibility index (Phi) is 5.87. The molecule has 0 atom stereocenters. The van der Waals surface area contributed by atoms with Gasteiger partial charge in [0.1, 0.15) is 5.82 Å². The molecule has 0 amide bonds. The van der Waals surface area contributed by atoms with E-state index in [0.29, 0.717) is 30.9 Å². The molecule has 124 valence electrons. The van der Waals surface area contributed by atoms with Gasteiger partial charge < -0.3 is 25.2 Å². The van der Waals surface area contributed by atoms with Crippen LogP contribution in [0.3, 0.4) is 0 Å². The van der Waals surface area contributed by atoms with E-state index in [0.717, 1.165) is 25.9 Å². The lowest BCUT2D eigenvalue weighted by atomic mass is 10.1. The van der Waals surface area contributed by atoms with Crippen molar-refractivity contribution in [1.29, 1.82) is 0 Å². The van der Waals surface area contributed by atoms with Crippen LogP contribution in [-0.2, 0) is 11.2 Å². The third kappa shape index (κ3) is 4.25. The molecule has 1 aromatic heterocycles. The Bertz CT molecular complexity index is 476. The minimum Gasteiger partial charge on any atom is -0.394 e. The fraction of sp³-hybridized carbons (Fsp3) is 0.786. The van der Waals surface area contributed by atoms with Crippen molar-refractivity contribution >= 4 is 11.9 Å². The molecule has 8 heteroatoms. The van der Waals surface area contributed by atoms with Crippen molar-refractivity contribution in [2.24, 2.45) is 0 Å². The molecule has 0 aliphatic carbocycles. The molecule has 0 radical (unpaired) electrons. The largest absolute Gasteiger partial charge is 0.394 e. The van der Waals surface area contributed by atoms with Gasteiger partial charge in [0.05, 0.1) is 32.0 Å². The molecule has 1 aliphatic heterocycles. The molecule has 8 nitrogen and oxygen atoms in total. The van der Waals surface area contributed by atoms with Crippen molar-refractivity contribution in [3.8, 4) is 0 Å². The molecule has 2 rings (SSSR count). The van der Waals surface area contributed by atoms with Crippen LogP contribution in [0.25, 0.3) is 0 Å². The highest BCUT2D eigenvalue weighted by Gasteiger charge is 2.24. The first-order valence-electron chi connectivity index (χ1n) is 7.68. The number of anilines is 2. The Hall–Kier alpha value is -1.51. The lowest BCUT2D eigenvalue weighted by molar-refractivity contribution is 0.122. The highest BCUT2D eigenvalue weighted by molar-refractivity contribution is 5.39. The van der Waals surface area contributed by atoms with Gasteiger partial charge in [0.2, 0.25) is 11.9 Å². The summed E-state index contributed by atoms with van der Waals surface area (Å²) >= 11 is 0. The van der Waals surface area contributed by atoms with Crippen molar-refractivity contribution < 1.29 is 14.9 Å². The number of hydrogen-bond acceptors (Lipinski definition) is 8. The lowest BCUT2D eigenvalue weighted by Gasteiger charge is -2.29. The van der Waals surface area contributed by atoms with Gasteiger partial charge in [-0.05, 0) is 13.3 Å². The number of ether oxygens (including phenoxy) is 1. The second-order valence-corrected chi connectivity index (χ2v) is 5.73. The maximum absolute atomic E-state index is 9.42. The fourth-order valence-corrected chi connectivity index (χ4v) is 2.10. The standard InChI is InChI=1S/C14H25N5O3/c1-3-4-11-15-12(18-14(2,9-20)10-21)17-13(16-11)19-5-7-22-8-6-19/h20-21H,3-10H2,1-2H3,(H,15,16,17,18). The van der Waals surface area contributed by atoms with Crippen LogP contribution >= 0.6 is 0 Å². The van der Waals surface area contributed by atoms with Crippen LogP contribution in [0.1, 0.15) is 26.1 Å². The number of morpholine rings is 1. The summed E-state index contributed by atoms with van der Waals surface area (Å²) in [7, 11) is 0. The first kappa shape index (κ1) is 16.9. The Morgan fingerprint density at radius 2 is 1.86 bits per heavy atom. The molecule has 1 saturated heterocycles. The SMILES string of the molecule is CCCc1nc(NC(C)(CO)CO)nc(N2CCOCC2)n1. The van der Waals surface area contributed by atoms with Crippen LogP contribution in [0.5, 0.6) is 0 Å². The van der Waals surface area contributed by atoms with Crippen molar-refractivity contribution in [1.82, 2.24) is 15.0 Å². The Morgan fingerprint density at radius 3 is 2.45 bits per heavy atom. The molecule has 0 spiro atoms. The van der Waals surface area contributed by atoms with Crippen LogP contribution in [0, 0.1) is 0 Å². The second kappa shape index (κ2) is 7.66. The van der Waals surface area contributed by atoms with E-state index in [4.69, 9.17) is 4.74 Å². The van der Waals surface area contributed by atoms with Crippen molar-refractivity contribution in [3.63, 3.8) is 0 Å². The van der Waals surface area contributed by atoms with E-state index in [2.05, 4.69) is 32.1 Å². The van der Waals surface area contributed by atoms with Gasteiger partial charge in [-0.25, -0.2) is 0 Å². The van der Waals surface area contributed by atoms with Gasteiger partial charge in [-0.1, -0.05) is 6.92 Å². The summed E-state index contributed by atoms with van der Waals surface area (Å²) in [5.74, 6) is 1.70. The monoisotopic (exact) mass is 311 g/mol. The topological polar surface area (TPSA) is 104 Å². The van der Waals surface area contributed by atoms with Crippen LogP contribution in [0.2, 0.25) is 0 Å². The minimum atomic E-state index is -0.868. The van der Waals surface area contributed by atoms with Gasteiger partial charge >= 0.3 is 0 Å². The van der Waals surface area contributed by atoms with Crippen LogP contribution in [-0.4, -0.2) is 70.2 Å². The molecule has 0 unspecified atom stereocenters. The van der Waals surface area contributed by atoms with E-state index in [9.17, 15) is 10.2 Å². The molecular formula is C14H25N5O3. The molecule has 0 saturated carbocycles. The summed E-state index contributed by atoms with van der Waals surface area (Å²) in [5.41, 5.74) is -0.868. The second-order valence-electron chi connectivity index (χ2n) is 5.73. The van der Waals surface area contributed by atoms with E-state index in [-0.39, 0.29) is 13.2 Å². The third-order valence-electron chi connectivity index (χ3n) is 3.55. The van der Waals surface area contributed by atoms with Gasteiger partial charge in [-0.3, -0.25) is 0 Å². The van der Waals surface area contributed by atoms with Crippen LogP contribution < -0.4 is 10.2 Å². The lowest BCUT2D eigenvalue weighted by Crippen LogP contribution is -2.43. The van der Waals surface area contributed by atoms with E-state index in [1.807, 2.05) is 0 Å². The average Bonchev–Trinajstić information content (AvgIpc) is 2.55. The maximum atomic E-state index is 9.42. The van der Waals surface area contributed by atoms with E-state index in [1.54, 1.807) is 6.92 Å². The van der Waals surface area contributed by atoms with Crippen molar-refractivity contribution in [3.05, 3.63) is 5.82 Å². The van der Waals surface area contributed by atoms with E-state index in [1.165, 1.54) is 0 Å². The van der Waals surface area contributed by atoms with Gasteiger partial charge in [-0.2, -0.15) is 15.0 Å². The Labute approximate surface area is 130 Å². The molecule has 0 bridgehead atoms. The van der Waals surface area contributed by atoms with Gasteiger partial charge in [0.25, 0.3) is 0 Å². The van der Waals surface area contributed by atoms with Crippen molar-refractivity contribution in [2.75, 3.05) is 49.7 Å². The number of aliphatic hydroxyl groups excluding tert-OH is 2. The van der Waals surface area contributed by atoms with Gasteiger partial charge in [0.15, 0.2) is 0 Å². The highest BCUT2D eigenvalue weighted by atomic mass is 16.5. The van der Waals surface area contributed by atoms with Gasteiger partial charge in [-0.15, -0.1) is 0 Å². The number of nitrogens with zero attached hydrogens (tertiary/aromatic N) is 4. The molecule has 1 aromatic rings. The normalized spacial score (nSPS) is 15.9. The summed E-state index contributed by atoms with van der Waals surface area (Å²) in [5, 5.41) is 21.8. The predicted molar refractivity (Wildman–Crippen MR) is 83.1 cm³/mol. The average molecular weight is 311 g/mol. The summed E-state index contributed by atoms with van der Waals surface area (Å²) < 4.78 is 5.35.